The number of H-pyrrole nitrogens is 1. The predicted molar refractivity (Wildman–Crippen MR) is 87.5 cm³/mol. The van der Waals surface area contributed by atoms with Crippen molar-refractivity contribution in [1.29, 1.82) is 0 Å². The van der Waals surface area contributed by atoms with Gasteiger partial charge in [0.15, 0.2) is 0 Å². The zero-order valence-electron chi connectivity index (χ0n) is 10.8. The van der Waals surface area contributed by atoms with Crippen LogP contribution >= 0.6 is 31.9 Å². The number of pyridine rings is 1. The van der Waals surface area contributed by atoms with Crippen molar-refractivity contribution in [2.24, 2.45) is 5.10 Å². The largest absolute Gasteiger partial charge is 0.350 e. The Hall–Kier alpha value is -1.67. The number of aromatic amines is 1. The van der Waals surface area contributed by atoms with E-state index in [2.05, 4.69) is 57.7 Å². The molecule has 8 heteroatoms. The minimum atomic E-state index is -0.134. The van der Waals surface area contributed by atoms with Crippen LogP contribution in [0.5, 0.6) is 0 Å². The molecule has 3 N–H and O–H groups in total. The summed E-state index contributed by atoms with van der Waals surface area (Å²) < 4.78 is 1.52. The van der Waals surface area contributed by atoms with Gasteiger partial charge in [0, 0.05) is 30.9 Å². The number of hydrogen-bond donors (Lipinski definition) is 3. The molecule has 0 spiro atoms. The molecule has 1 aliphatic heterocycles. The van der Waals surface area contributed by atoms with Crippen molar-refractivity contribution in [2.45, 2.75) is 6.42 Å². The van der Waals surface area contributed by atoms with Gasteiger partial charge in [-0.05, 0) is 44.0 Å². The maximum atomic E-state index is 12.0. The van der Waals surface area contributed by atoms with Crippen molar-refractivity contribution in [3.63, 3.8) is 0 Å². The van der Waals surface area contributed by atoms with Gasteiger partial charge in [0.25, 0.3) is 5.91 Å². The van der Waals surface area contributed by atoms with E-state index in [0.717, 1.165) is 26.0 Å². The molecule has 2 aromatic rings. The van der Waals surface area contributed by atoms with E-state index in [-0.39, 0.29) is 5.91 Å². The van der Waals surface area contributed by atoms with Gasteiger partial charge in [-0.1, -0.05) is 0 Å². The molecule has 0 saturated heterocycles. The highest BCUT2D eigenvalue weighted by Gasteiger charge is 2.26. The summed E-state index contributed by atoms with van der Waals surface area (Å²) in [4.78, 5) is 19.0. The summed E-state index contributed by atoms with van der Waals surface area (Å²) in [6, 6.07) is 3.65. The number of rotatable bonds is 2. The van der Waals surface area contributed by atoms with Crippen molar-refractivity contribution in [3.05, 3.63) is 44.9 Å². The number of hydrazone groups is 1. The van der Waals surface area contributed by atoms with Gasteiger partial charge in [-0.15, -0.1) is 0 Å². The van der Waals surface area contributed by atoms with Crippen LogP contribution in [0.4, 0.5) is 5.69 Å². The van der Waals surface area contributed by atoms with Crippen LogP contribution in [0.15, 0.2) is 38.7 Å². The third-order valence-electron chi connectivity index (χ3n) is 3.06. The minimum Gasteiger partial charge on any atom is -0.350 e. The zero-order chi connectivity index (χ0) is 14.8. The van der Waals surface area contributed by atoms with Gasteiger partial charge in [-0.3, -0.25) is 15.2 Å². The van der Waals surface area contributed by atoms with Crippen LogP contribution in [-0.2, 0) is 0 Å². The Bertz CT molecular complexity index is 711. The standard InChI is InChI=1S/C13H11Br2N5O/c14-10-9-8(20-19-7-1-4-16-5-2-7)3-6-17-13(21)11(9)18-12(10)15/h1-2,4-5,18H,3,6H2,(H,16,19)(H,17,21)/b20-8+. The SMILES string of the molecule is O=C1NCC/C(=N\Nc2ccncc2)c2c1[nH]c(Br)c2Br. The summed E-state index contributed by atoms with van der Waals surface area (Å²) in [5.41, 5.74) is 5.91. The number of carbonyl (C=O) groups excluding carboxylic acids is 1. The number of carbonyl (C=O) groups is 1. The van der Waals surface area contributed by atoms with Crippen LogP contribution in [0.2, 0.25) is 0 Å². The Kier molecular flexibility index (Phi) is 4.07. The molecule has 0 atom stereocenters. The van der Waals surface area contributed by atoms with Crippen molar-refractivity contribution in [3.8, 4) is 0 Å². The highest BCUT2D eigenvalue weighted by molar-refractivity contribution is 9.13. The summed E-state index contributed by atoms with van der Waals surface area (Å²) >= 11 is 6.87. The molecule has 0 unspecified atom stereocenters. The summed E-state index contributed by atoms with van der Waals surface area (Å²) in [5, 5.41) is 7.28. The van der Waals surface area contributed by atoms with Crippen LogP contribution in [0.25, 0.3) is 0 Å². The number of anilines is 1. The molecule has 3 rings (SSSR count). The van der Waals surface area contributed by atoms with Crippen molar-refractivity contribution in [1.82, 2.24) is 15.3 Å². The summed E-state index contributed by atoms with van der Waals surface area (Å²) in [5.74, 6) is -0.134. The highest BCUT2D eigenvalue weighted by Crippen LogP contribution is 2.31. The quantitative estimate of drug-likeness (QED) is 0.663. The number of hydrogen-bond acceptors (Lipinski definition) is 4. The normalized spacial score (nSPS) is 16.3. The van der Waals surface area contributed by atoms with E-state index >= 15 is 0 Å². The average molecular weight is 413 g/mol. The molecular weight excluding hydrogens is 402 g/mol. The summed E-state index contributed by atoms with van der Waals surface area (Å²) in [7, 11) is 0. The van der Waals surface area contributed by atoms with E-state index in [4.69, 9.17) is 0 Å². The molecule has 0 radical (unpaired) electrons. The smallest absolute Gasteiger partial charge is 0.268 e. The maximum Gasteiger partial charge on any atom is 0.268 e. The molecule has 0 fully saturated rings. The minimum absolute atomic E-state index is 0.134. The Morgan fingerprint density at radius 3 is 2.81 bits per heavy atom. The lowest BCUT2D eigenvalue weighted by atomic mass is 10.1. The molecule has 3 heterocycles. The lowest BCUT2D eigenvalue weighted by Gasteiger charge is -2.05. The lowest BCUT2D eigenvalue weighted by Crippen LogP contribution is -2.23. The second kappa shape index (κ2) is 5.98. The molecule has 0 saturated carbocycles. The third kappa shape index (κ3) is 2.86. The van der Waals surface area contributed by atoms with Crippen LogP contribution in [0, 0.1) is 0 Å². The Morgan fingerprint density at radius 2 is 2.05 bits per heavy atom. The summed E-state index contributed by atoms with van der Waals surface area (Å²) in [6.45, 7) is 0.544. The van der Waals surface area contributed by atoms with E-state index in [1.54, 1.807) is 12.4 Å². The number of aromatic nitrogens is 2. The van der Waals surface area contributed by atoms with Gasteiger partial charge in [0.1, 0.15) is 5.69 Å². The molecular formula is C13H11Br2N5O. The van der Waals surface area contributed by atoms with Gasteiger partial charge in [-0.25, -0.2) is 0 Å². The first-order chi connectivity index (χ1) is 10.2. The van der Waals surface area contributed by atoms with Crippen LogP contribution < -0.4 is 10.7 Å². The topological polar surface area (TPSA) is 82.2 Å². The molecule has 2 aromatic heterocycles. The third-order valence-corrected chi connectivity index (χ3v) is 4.98. The number of halogens is 2. The van der Waals surface area contributed by atoms with Gasteiger partial charge in [0.05, 0.1) is 20.5 Å². The molecule has 0 aromatic carbocycles. The lowest BCUT2D eigenvalue weighted by molar-refractivity contribution is 0.0951. The fourth-order valence-corrected chi connectivity index (χ4v) is 2.99. The van der Waals surface area contributed by atoms with Gasteiger partial charge in [0.2, 0.25) is 0 Å². The van der Waals surface area contributed by atoms with Crippen molar-refractivity contribution >= 4 is 49.2 Å². The van der Waals surface area contributed by atoms with Crippen LogP contribution in [0.1, 0.15) is 22.5 Å². The Labute approximate surface area is 137 Å². The second-order valence-corrected chi connectivity index (χ2v) is 6.00. The fourth-order valence-electron chi connectivity index (χ4n) is 2.07. The van der Waals surface area contributed by atoms with Crippen LogP contribution in [-0.4, -0.2) is 28.1 Å². The maximum absolute atomic E-state index is 12.0. The van der Waals surface area contributed by atoms with E-state index < -0.39 is 0 Å². The molecule has 21 heavy (non-hydrogen) atoms. The monoisotopic (exact) mass is 411 g/mol. The molecule has 0 bridgehead atoms. The van der Waals surface area contributed by atoms with Crippen LogP contribution in [0.3, 0.4) is 0 Å². The number of nitrogens with zero attached hydrogens (tertiary/aromatic N) is 2. The molecule has 0 aliphatic carbocycles. The van der Waals surface area contributed by atoms with Gasteiger partial charge < -0.3 is 10.3 Å². The summed E-state index contributed by atoms with van der Waals surface area (Å²) in [6.07, 6.45) is 4.02. The second-order valence-electron chi connectivity index (χ2n) is 4.42. The first kappa shape index (κ1) is 14.3. The van der Waals surface area contributed by atoms with E-state index in [1.807, 2.05) is 12.1 Å². The van der Waals surface area contributed by atoms with Crippen molar-refractivity contribution < 1.29 is 4.79 Å². The molecule has 6 nitrogen and oxygen atoms in total. The Balaban J connectivity index is 1.99. The van der Waals surface area contributed by atoms with Gasteiger partial charge >= 0.3 is 0 Å². The fraction of sp³-hybridized carbons (Fsp3) is 0.154. The Morgan fingerprint density at radius 1 is 1.29 bits per heavy atom. The van der Waals surface area contributed by atoms with Crippen molar-refractivity contribution in [2.75, 3.05) is 12.0 Å². The predicted octanol–water partition coefficient (Wildman–Crippen LogP) is 2.88. The number of amides is 1. The molecule has 1 aliphatic rings. The highest BCUT2D eigenvalue weighted by atomic mass is 79.9. The molecule has 1 amide bonds. The number of fused-ring (bicyclic) bond motifs is 1. The zero-order valence-corrected chi connectivity index (χ0v) is 14.0. The first-order valence-corrected chi connectivity index (χ1v) is 7.83. The first-order valence-electron chi connectivity index (χ1n) is 6.25. The van der Waals surface area contributed by atoms with E-state index in [1.165, 1.54) is 0 Å². The molecule has 108 valence electrons. The average Bonchev–Trinajstić information content (AvgIpc) is 2.70. The van der Waals surface area contributed by atoms with E-state index in [9.17, 15) is 4.79 Å². The van der Waals surface area contributed by atoms with Gasteiger partial charge in [-0.2, -0.15) is 5.10 Å². The number of nitrogens with one attached hydrogen (secondary N) is 3. The van der Waals surface area contributed by atoms with E-state index in [0.29, 0.717) is 18.7 Å².